The third kappa shape index (κ3) is 3.73. The highest BCUT2D eigenvalue weighted by molar-refractivity contribution is 5.70. The van der Waals surface area contributed by atoms with Gasteiger partial charge < -0.3 is 19.1 Å². The van der Waals surface area contributed by atoms with E-state index in [0.29, 0.717) is 13.1 Å². The molecule has 0 unspecified atom stereocenters. The zero-order valence-corrected chi connectivity index (χ0v) is 12.0. The van der Waals surface area contributed by atoms with Gasteiger partial charge in [-0.3, -0.25) is 0 Å². The smallest absolute Gasteiger partial charge is 0.388 e. The number of ether oxygens (including phenoxy) is 1. The zero-order chi connectivity index (χ0) is 16.1. The zero-order valence-electron chi connectivity index (χ0n) is 12.0. The maximum absolute atomic E-state index is 13.6. The maximum atomic E-state index is 13.6. The van der Waals surface area contributed by atoms with Crippen LogP contribution < -0.4 is 10.1 Å². The number of carbonyl (C=O) groups excluding carboxylic acids is 1. The molecular weight excluding hydrogens is 303 g/mol. The minimum Gasteiger partial charge on any atom is -0.388 e. The molecule has 0 spiro atoms. The highest BCUT2D eigenvalue weighted by atomic mass is 19.1. The number of hydrogen-bond donors (Lipinski definition) is 1. The quantitative estimate of drug-likeness (QED) is 0.782. The number of imidazole rings is 1. The number of nitrogens with one attached hydrogen (secondary N) is 1. The van der Waals surface area contributed by atoms with E-state index in [-0.39, 0.29) is 17.2 Å². The molecule has 3 rings (SSSR count). The fourth-order valence-electron chi connectivity index (χ4n) is 1.93. The molecule has 2 aromatic heterocycles. The summed E-state index contributed by atoms with van der Waals surface area (Å²) in [6.07, 6.45) is 4.41. The van der Waals surface area contributed by atoms with Crippen molar-refractivity contribution in [2.75, 3.05) is 6.54 Å². The van der Waals surface area contributed by atoms with E-state index in [2.05, 4.69) is 15.5 Å². The topological polar surface area (TPSA) is 82.2 Å². The van der Waals surface area contributed by atoms with E-state index in [1.165, 1.54) is 12.1 Å². The lowest BCUT2D eigenvalue weighted by Crippen LogP contribution is -2.29. The molecule has 23 heavy (non-hydrogen) atoms. The Balaban J connectivity index is 1.54. The van der Waals surface area contributed by atoms with Gasteiger partial charge in [-0.1, -0.05) is 12.1 Å². The molecule has 0 aliphatic rings. The van der Waals surface area contributed by atoms with Crippen molar-refractivity contribution >= 4 is 6.09 Å². The fourth-order valence-corrected chi connectivity index (χ4v) is 1.93. The average molecular weight is 316 g/mol. The Kier molecular flexibility index (Phi) is 4.32. The first kappa shape index (κ1) is 14.8. The SMILES string of the molecule is O=C(NCCn1ccnc1)Oc1cc(-c2ccccc2F)on1. The van der Waals surface area contributed by atoms with Gasteiger partial charge in [0.15, 0.2) is 5.76 Å². The molecule has 1 amide bonds. The second kappa shape index (κ2) is 6.73. The van der Waals surface area contributed by atoms with Crippen molar-refractivity contribution in [2.45, 2.75) is 6.54 Å². The van der Waals surface area contributed by atoms with Crippen LogP contribution in [-0.2, 0) is 6.54 Å². The molecule has 7 nitrogen and oxygen atoms in total. The van der Waals surface area contributed by atoms with Gasteiger partial charge in [0.1, 0.15) is 5.82 Å². The van der Waals surface area contributed by atoms with Crippen molar-refractivity contribution in [2.24, 2.45) is 0 Å². The highest BCUT2D eigenvalue weighted by Crippen LogP contribution is 2.25. The molecule has 0 radical (unpaired) electrons. The van der Waals surface area contributed by atoms with Gasteiger partial charge >= 0.3 is 6.09 Å². The molecule has 0 saturated carbocycles. The second-order valence-corrected chi connectivity index (χ2v) is 4.63. The lowest BCUT2D eigenvalue weighted by Gasteiger charge is -2.04. The molecule has 0 saturated heterocycles. The van der Waals surface area contributed by atoms with Gasteiger partial charge in [0.05, 0.1) is 18.0 Å². The van der Waals surface area contributed by atoms with Gasteiger partial charge in [-0.25, -0.2) is 14.2 Å². The Morgan fingerprint density at radius 2 is 2.26 bits per heavy atom. The summed E-state index contributed by atoms with van der Waals surface area (Å²) in [6, 6.07) is 7.45. The number of aromatic nitrogens is 3. The number of carbonyl (C=O) groups is 1. The summed E-state index contributed by atoms with van der Waals surface area (Å²) in [6.45, 7) is 0.932. The van der Waals surface area contributed by atoms with Crippen molar-refractivity contribution in [3.63, 3.8) is 0 Å². The first-order chi connectivity index (χ1) is 11.2. The summed E-state index contributed by atoms with van der Waals surface area (Å²) < 4.78 is 25.4. The molecule has 0 bridgehead atoms. The van der Waals surface area contributed by atoms with Crippen LogP contribution in [0.2, 0.25) is 0 Å². The standard InChI is InChI=1S/C15H13FN4O3/c16-12-4-2-1-3-11(12)13-9-14(19-23-13)22-15(21)18-6-8-20-7-5-17-10-20/h1-5,7,9-10H,6,8H2,(H,18,21). The minimum absolute atomic E-state index is 0.0385. The number of benzene rings is 1. The fraction of sp³-hybridized carbons (Fsp3) is 0.133. The monoisotopic (exact) mass is 316 g/mol. The normalized spacial score (nSPS) is 10.5. The van der Waals surface area contributed by atoms with E-state index in [1.807, 2.05) is 4.57 Å². The number of amides is 1. The summed E-state index contributed by atoms with van der Waals surface area (Å²) in [7, 11) is 0. The molecule has 118 valence electrons. The van der Waals surface area contributed by atoms with Gasteiger partial charge in [-0.2, -0.15) is 0 Å². The molecule has 0 fully saturated rings. The first-order valence-corrected chi connectivity index (χ1v) is 6.85. The van der Waals surface area contributed by atoms with Crippen LogP contribution in [0, 0.1) is 5.82 Å². The Bertz CT molecular complexity index is 786. The van der Waals surface area contributed by atoms with Gasteiger partial charge in [-0.05, 0) is 17.3 Å². The molecule has 2 heterocycles. The van der Waals surface area contributed by atoms with Crippen LogP contribution in [0.5, 0.6) is 5.88 Å². The summed E-state index contributed by atoms with van der Waals surface area (Å²) >= 11 is 0. The van der Waals surface area contributed by atoms with Crippen LogP contribution in [0.1, 0.15) is 0 Å². The van der Waals surface area contributed by atoms with E-state index >= 15 is 0 Å². The lowest BCUT2D eigenvalue weighted by atomic mass is 10.1. The Morgan fingerprint density at radius 3 is 3.04 bits per heavy atom. The third-order valence-corrected chi connectivity index (χ3v) is 3.02. The molecule has 1 aromatic carbocycles. The lowest BCUT2D eigenvalue weighted by molar-refractivity contribution is 0.195. The summed E-state index contributed by atoms with van der Waals surface area (Å²) in [5.74, 6) is -0.298. The number of nitrogens with zero attached hydrogens (tertiary/aromatic N) is 3. The molecule has 3 aromatic rings. The van der Waals surface area contributed by atoms with Gasteiger partial charge in [-0.15, -0.1) is 0 Å². The predicted molar refractivity (Wildman–Crippen MR) is 78.2 cm³/mol. The van der Waals surface area contributed by atoms with Crippen LogP contribution in [0.25, 0.3) is 11.3 Å². The largest absolute Gasteiger partial charge is 0.414 e. The maximum Gasteiger partial charge on any atom is 0.414 e. The summed E-state index contributed by atoms with van der Waals surface area (Å²) in [5, 5.41) is 6.16. The van der Waals surface area contributed by atoms with Crippen LogP contribution >= 0.6 is 0 Å². The Labute approximate surface area is 130 Å². The minimum atomic E-state index is -0.668. The average Bonchev–Trinajstić information content (AvgIpc) is 3.20. The van der Waals surface area contributed by atoms with E-state index in [9.17, 15) is 9.18 Å². The van der Waals surface area contributed by atoms with Crippen molar-refractivity contribution in [1.29, 1.82) is 0 Å². The van der Waals surface area contributed by atoms with Crippen molar-refractivity contribution in [3.05, 3.63) is 54.9 Å². The van der Waals surface area contributed by atoms with Crippen molar-refractivity contribution < 1.29 is 18.4 Å². The third-order valence-electron chi connectivity index (χ3n) is 3.02. The van der Waals surface area contributed by atoms with E-state index < -0.39 is 11.9 Å². The summed E-state index contributed by atoms with van der Waals surface area (Å²) in [5.41, 5.74) is 0.246. The number of halogens is 1. The van der Waals surface area contributed by atoms with E-state index in [4.69, 9.17) is 9.26 Å². The van der Waals surface area contributed by atoms with Crippen molar-refractivity contribution in [3.8, 4) is 17.2 Å². The second-order valence-electron chi connectivity index (χ2n) is 4.63. The molecule has 0 atom stereocenters. The van der Waals surface area contributed by atoms with Crippen LogP contribution in [0.3, 0.4) is 0 Å². The highest BCUT2D eigenvalue weighted by Gasteiger charge is 2.13. The molecule has 0 aliphatic carbocycles. The van der Waals surface area contributed by atoms with E-state index in [0.717, 1.165) is 0 Å². The first-order valence-electron chi connectivity index (χ1n) is 6.85. The van der Waals surface area contributed by atoms with E-state index in [1.54, 1.807) is 36.9 Å². The number of rotatable bonds is 5. The molecule has 8 heteroatoms. The molecule has 1 N–H and O–H groups in total. The van der Waals surface area contributed by atoms with Crippen molar-refractivity contribution in [1.82, 2.24) is 20.0 Å². The Morgan fingerprint density at radius 1 is 1.39 bits per heavy atom. The molecular formula is C15H13FN4O3. The summed E-state index contributed by atoms with van der Waals surface area (Å²) in [4.78, 5) is 15.5. The number of hydrogen-bond acceptors (Lipinski definition) is 5. The Hall–Kier alpha value is -3.16. The van der Waals surface area contributed by atoms with Crippen LogP contribution in [0.15, 0.2) is 53.6 Å². The van der Waals surface area contributed by atoms with Gasteiger partial charge in [0, 0.05) is 25.5 Å². The van der Waals surface area contributed by atoms with Crippen LogP contribution in [-0.4, -0.2) is 27.3 Å². The predicted octanol–water partition coefficient (Wildman–Crippen LogP) is 2.47. The van der Waals surface area contributed by atoms with Crippen LogP contribution in [0.4, 0.5) is 9.18 Å². The van der Waals surface area contributed by atoms with Gasteiger partial charge in [0.25, 0.3) is 5.88 Å². The van der Waals surface area contributed by atoms with Gasteiger partial charge in [0.2, 0.25) is 0 Å². The molecule has 0 aliphatic heterocycles.